The zero-order valence-corrected chi connectivity index (χ0v) is 19.9. The minimum Gasteiger partial charge on any atom is -0.308 e. The van der Waals surface area contributed by atoms with E-state index < -0.39 is 5.78 Å². The summed E-state index contributed by atoms with van der Waals surface area (Å²) in [5.74, 6) is -0.688. The fourth-order valence-electron chi connectivity index (χ4n) is 3.89. The fourth-order valence-corrected chi connectivity index (χ4v) is 4.69. The molecule has 2 heterocycles. The Balaban J connectivity index is 1.49. The Bertz CT molecular complexity index is 1510. The second-order valence-electron chi connectivity index (χ2n) is 8.18. The number of hydrogen-bond donors (Lipinski definition) is 0. The predicted octanol–water partition coefficient (Wildman–Crippen LogP) is 5.87. The minimum absolute atomic E-state index is 0.0403. The highest BCUT2D eigenvalue weighted by Crippen LogP contribution is 2.29. The number of rotatable bonds is 7. The molecule has 0 aliphatic carbocycles. The summed E-state index contributed by atoms with van der Waals surface area (Å²) in [6, 6.07) is 23.6. The van der Waals surface area contributed by atoms with Gasteiger partial charge in [-0.3, -0.25) is 9.59 Å². The van der Waals surface area contributed by atoms with Crippen LogP contribution in [0.5, 0.6) is 0 Å². The van der Waals surface area contributed by atoms with Crippen LogP contribution in [0.15, 0.2) is 90.6 Å². The summed E-state index contributed by atoms with van der Waals surface area (Å²) < 4.78 is 0. The number of amides is 1. The summed E-state index contributed by atoms with van der Waals surface area (Å²) in [7, 11) is 0. The Morgan fingerprint density at radius 2 is 1.69 bits per heavy atom. The van der Waals surface area contributed by atoms with E-state index in [1.165, 1.54) is 12.4 Å². The molecule has 2 aromatic heterocycles. The van der Waals surface area contributed by atoms with E-state index >= 15 is 0 Å². The fraction of sp³-hybridized carbons (Fsp3) is 0.107. The molecule has 0 N–H and O–H groups in total. The first-order chi connectivity index (χ1) is 17.1. The molecule has 0 aliphatic rings. The van der Waals surface area contributed by atoms with Gasteiger partial charge in [-0.2, -0.15) is 0 Å². The maximum atomic E-state index is 13.5. The van der Waals surface area contributed by atoms with E-state index in [1.54, 1.807) is 22.3 Å². The molecule has 0 unspecified atom stereocenters. The molecule has 1 amide bonds. The third-order valence-electron chi connectivity index (χ3n) is 5.61. The Kier molecular flexibility index (Phi) is 6.41. The maximum absolute atomic E-state index is 13.5. The molecule has 0 aliphatic heterocycles. The molecule has 35 heavy (non-hydrogen) atoms. The van der Waals surface area contributed by atoms with Crippen molar-refractivity contribution in [1.29, 1.82) is 0 Å². The van der Waals surface area contributed by atoms with Crippen LogP contribution in [0.2, 0.25) is 0 Å². The van der Waals surface area contributed by atoms with E-state index in [1.807, 2.05) is 66.9 Å². The molecule has 5 aromatic rings. The van der Waals surface area contributed by atoms with Crippen molar-refractivity contribution in [2.24, 2.45) is 0 Å². The van der Waals surface area contributed by atoms with E-state index in [0.717, 1.165) is 32.6 Å². The molecule has 3 aromatic carbocycles. The van der Waals surface area contributed by atoms with Crippen molar-refractivity contribution in [3.8, 4) is 10.6 Å². The van der Waals surface area contributed by atoms with Gasteiger partial charge in [-0.25, -0.2) is 15.0 Å². The maximum Gasteiger partial charge on any atom is 0.235 e. The third kappa shape index (κ3) is 5.15. The third-order valence-corrected chi connectivity index (χ3v) is 6.62. The highest BCUT2D eigenvalue weighted by atomic mass is 32.1. The van der Waals surface area contributed by atoms with E-state index in [9.17, 15) is 9.59 Å². The normalized spacial score (nSPS) is 10.9. The number of benzene rings is 3. The summed E-state index contributed by atoms with van der Waals surface area (Å²) in [6.07, 6.45) is 2.67. The van der Waals surface area contributed by atoms with Gasteiger partial charge in [0.15, 0.2) is 5.82 Å². The summed E-state index contributed by atoms with van der Waals surface area (Å²) in [4.78, 5) is 40.4. The van der Waals surface area contributed by atoms with Gasteiger partial charge in [0.25, 0.3) is 0 Å². The number of carbonyl (C=O) groups is 2. The second kappa shape index (κ2) is 9.95. The first kappa shape index (κ1) is 22.6. The molecule has 0 fully saturated rings. The molecule has 0 atom stereocenters. The van der Waals surface area contributed by atoms with Gasteiger partial charge in [0.2, 0.25) is 11.7 Å². The van der Waals surface area contributed by atoms with Gasteiger partial charge < -0.3 is 4.90 Å². The van der Waals surface area contributed by atoms with Crippen LogP contribution in [0.3, 0.4) is 0 Å². The number of fused-ring (bicyclic) bond motifs is 1. The summed E-state index contributed by atoms with van der Waals surface area (Å²) in [5, 5.41) is 5.11. The van der Waals surface area contributed by atoms with Crippen molar-refractivity contribution in [2.75, 3.05) is 4.90 Å². The lowest BCUT2D eigenvalue weighted by atomic mass is 10.1. The predicted molar refractivity (Wildman–Crippen MR) is 138 cm³/mol. The van der Waals surface area contributed by atoms with Gasteiger partial charge in [0, 0.05) is 34.7 Å². The van der Waals surface area contributed by atoms with Crippen molar-refractivity contribution in [1.82, 2.24) is 15.0 Å². The highest BCUT2D eigenvalue weighted by molar-refractivity contribution is 7.13. The van der Waals surface area contributed by atoms with Crippen LogP contribution in [0.25, 0.3) is 21.3 Å². The summed E-state index contributed by atoms with van der Waals surface area (Å²) in [5.41, 5.74) is 3.55. The zero-order chi connectivity index (χ0) is 24.2. The van der Waals surface area contributed by atoms with Gasteiger partial charge in [-0.15, -0.1) is 11.3 Å². The Hall–Kier alpha value is -4.23. The standard InChI is InChI=1S/C28H22N4O2S/c1-19-18-35-28(31-19)23-8-4-9-24(15-23)32(26(34)16-25(33)27-29-12-5-13-30-27)17-20-10-11-21-6-2-3-7-22(21)14-20/h2-15,18H,16-17H2,1H3. The van der Waals surface area contributed by atoms with E-state index in [0.29, 0.717) is 12.2 Å². The number of ketones is 1. The van der Waals surface area contributed by atoms with Crippen LogP contribution < -0.4 is 4.90 Å². The monoisotopic (exact) mass is 478 g/mol. The number of nitrogens with zero attached hydrogens (tertiary/aromatic N) is 4. The van der Waals surface area contributed by atoms with Crippen molar-refractivity contribution in [3.05, 3.63) is 108 Å². The van der Waals surface area contributed by atoms with Crippen LogP contribution in [-0.4, -0.2) is 26.6 Å². The van der Waals surface area contributed by atoms with Crippen molar-refractivity contribution in [3.63, 3.8) is 0 Å². The molecule has 0 saturated carbocycles. The van der Waals surface area contributed by atoms with Crippen molar-refractivity contribution < 1.29 is 9.59 Å². The van der Waals surface area contributed by atoms with Gasteiger partial charge in [0.05, 0.1) is 13.0 Å². The molecule has 6 nitrogen and oxygen atoms in total. The molecular formula is C28H22N4O2S. The van der Waals surface area contributed by atoms with Crippen LogP contribution in [0, 0.1) is 6.92 Å². The van der Waals surface area contributed by atoms with Crippen LogP contribution in [0.1, 0.15) is 28.3 Å². The topological polar surface area (TPSA) is 76.1 Å². The SMILES string of the molecule is Cc1csc(-c2cccc(N(Cc3ccc4ccccc4c3)C(=O)CC(=O)c3ncccn3)c2)n1. The molecule has 7 heteroatoms. The van der Waals surface area contributed by atoms with Crippen LogP contribution in [0.4, 0.5) is 5.69 Å². The summed E-state index contributed by atoms with van der Waals surface area (Å²) in [6.45, 7) is 2.28. The van der Waals surface area contributed by atoms with Gasteiger partial charge >= 0.3 is 0 Å². The minimum atomic E-state index is -0.411. The largest absolute Gasteiger partial charge is 0.308 e. The lowest BCUT2D eigenvalue weighted by Crippen LogP contribution is -2.32. The number of thiazole rings is 1. The first-order valence-corrected chi connectivity index (χ1v) is 12.1. The smallest absolute Gasteiger partial charge is 0.235 e. The lowest BCUT2D eigenvalue weighted by Gasteiger charge is -2.23. The van der Waals surface area contributed by atoms with Crippen LogP contribution >= 0.6 is 11.3 Å². The number of carbonyl (C=O) groups excluding carboxylic acids is 2. The zero-order valence-electron chi connectivity index (χ0n) is 19.1. The van der Waals surface area contributed by atoms with Crippen LogP contribution in [-0.2, 0) is 11.3 Å². The van der Waals surface area contributed by atoms with E-state index in [4.69, 9.17) is 0 Å². The number of aryl methyl sites for hydroxylation is 1. The van der Waals surface area contributed by atoms with Gasteiger partial charge in [-0.05, 0) is 47.5 Å². The Morgan fingerprint density at radius 3 is 2.46 bits per heavy atom. The average molecular weight is 479 g/mol. The number of anilines is 1. The molecule has 0 radical (unpaired) electrons. The summed E-state index contributed by atoms with van der Waals surface area (Å²) >= 11 is 1.56. The lowest BCUT2D eigenvalue weighted by molar-refractivity contribution is -0.117. The molecule has 0 saturated heterocycles. The van der Waals surface area contributed by atoms with Crippen molar-refractivity contribution in [2.45, 2.75) is 19.9 Å². The number of hydrogen-bond acceptors (Lipinski definition) is 6. The Morgan fingerprint density at radius 1 is 0.886 bits per heavy atom. The Labute approximate surface area is 206 Å². The quantitative estimate of drug-likeness (QED) is 0.216. The van der Waals surface area contributed by atoms with E-state index in [2.05, 4.69) is 27.1 Å². The van der Waals surface area contributed by atoms with E-state index in [-0.39, 0.29) is 18.2 Å². The molecular weight excluding hydrogens is 456 g/mol. The van der Waals surface area contributed by atoms with Gasteiger partial charge in [0.1, 0.15) is 5.01 Å². The van der Waals surface area contributed by atoms with Gasteiger partial charge in [-0.1, -0.05) is 48.5 Å². The average Bonchev–Trinajstić information content (AvgIpc) is 3.34. The molecule has 172 valence electrons. The second-order valence-corrected chi connectivity index (χ2v) is 9.04. The molecule has 0 bridgehead atoms. The number of aromatic nitrogens is 3. The first-order valence-electron chi connectivity index (χ1n) is 11.2. The number of Topliss-reactive ketones (excluding diaryl/α,β-unsaturated/α-hetero) is 1. The molecule has 5 rings (SSSR count). The highest BCUT2D eigenvalue weighted by Gasteiger charge is 2.22. The van der Waals surface area contributed by atoms with Crippen molar-refractivity contribution >= 4 is 39.5 Å². The molecule has 0 spiro atoms.